The zero-order chi connectivity index (χ0) is 53.6. The largest absolute Gasteiger partial charge is 0.508 e. The van der Waals surface area contributed by atoms with Gasteiger partial charge in [0.1, 0.15) is 35.8 Å². The molecule has 5 heterocycles. The average molecular weight is 1260 g/mol. The van der Waals surface area contributed by atoms with Crippen LogP contribution in [0.1, 0.15) is 88.8 Å². The minimum absolute atomic E-state index is 0. The minimum Gasteiger partial charge on any atom is -0.508 e. The molecule has 5 N–H and O–H groups in total. The summed E-state index contributed by atoms with van der Waals surface area (Å²) >= 11 is 0. The molecule has 0 bridgehead atoms. The highest BCUT2D eigenvalue weighted by atomic mass is 32.2. The standard InChI is InChI=1S/C23H27FN2O2.C13H17NO4S.2C11H14FNO.6H2S/c1-16-2-4-17(5-3-16)14-26-13-11-22(23(26)28)25-12-10-20(21(24)15-25)18-6-8-19(27)9-7-18;1-10-3-5-11(6-4-10)9-14-8-7-12(13(14)15)18-19(2,16)17;2*12-11-7-13-6-5-10(11)8-1-3-9(14)4-2-8;;;;;;/h2-9,20-22,27H,10-15H2,1H3;3-6,12H,7-9H2,1-2H3;2*1-4,10-11,13-14H,5-7H2;6*1H2/t20-,21+,22+;12-;2*10-,11+;;;;;;/m0000....../s1. The van der Waals surface area contributed by atoms with Crippen LogP contribution in [0.3, 0.4) is 0 Å². The van der Waals surface area contributed by atoms with E-state index in [-0.39, 0.29) is 134 Å². The number of piperidine rings is 3. The van der Waals surface area contributed by atoms with Crippen LogP contribution < -0.4 is 10.6 Å². The van der Waals surface area contributed by atoms with Gasteiger partial charge in [0.2, 0.25) is 5.91 Å². The first-order valence-electron chi connectivity index (χ1n) is 25.9. The summed E-state index contributed by atoms with van der Waals surface area (Å²) in [7, 11) is -3.59. The highest BCUT2D eigenvalue weighted by Crippen LogP contribution is 2.35. The summed E-state index contributed by atoms with van der Waals surface area (Å²) in [4.78, 5) is 30.4. The molecule has 13 nitrogen and oxygen atoms in total. The Morgan fingerprint density at radius 3 is 1.25 bits per heavy atom. The van der Waals surface area contributed by atoms with Crippen LogP contribution in [0.5, 0.6) is 17.2 Å². The first kappa shape index (κ1) is 75.1. The van der Waals surface area contributed by atoms with Crippen LogP contribution in [0.25, 0.3) is 0 Å². The van der Waals surface area contributed by atoms with Crippen molar-refractivity contribution in [1.82, 2.24) is 25.3 Å². The maximum Gasteiger partial charge on any atom is 0.265 e. The molecule has 0 spiro atoms. The molecule has 10 rings (SSSR count). The highest BCUT2D eigenvalue weighted by Gasteiger charge is 2.41. The maximum absolute atomic E-state index is 14.9. The Morgan fingerprint density at radius 2 is 0.877 bits per heavy atom. The van der Waals surface area contributed by atoms with Gasteiger partial charge in [0.25, 0.3) is 16.0 Å². The van der Waals surface area contributed by atoms with E-state index < -0.39 is 34.7 Å². The monoisotopic (exact) mass is 1260 g/mol. The number of halogens is 3. The van der Waals surface area contributed by atoms with Crippen LogP contribution in [0.4, 0.5) is 13.2 Å². The Balaban J connectivity index is 0.000000549. The molecule has 2 amide bonds. The number of likely N-dealkylation sites (tertiary alicyclic amines) is 3. The number of carbonyl (C=O) groups excluding carboxylic acids is 2. The van der Waals surface area contributed by atoms with Crippen LogP contribution in [0, 0.1) is 13.8 Å². The third-order valence-corrected chi connectivity index (χ3v) is 15.2. The molecule has 5 aromatic carbocycles. The lowest BCUT2D eigenvalue weighted by atomic mass is 9.87. The van der Waals surface area contributed by atoms with Gasteiger partial charge in [-0.1, -0.05) is 96.1 Å². The third kappa shape index (κ3) is 22.6. The summed E-state index contributed by atoms with van der Waals surface area (Å²) < 4.78 is 68.8. The van der Waals surface area contributed by atoms with Crippen LogP contribution >= 0.6 is 81.0 Å². The molecular formula is C58H84F3N5O8S7. The van der Waals surface area contributed by atoms with E-state index in [2.05, 4.69) is 41.8 Å². The molecule has 452 valence electrons. The normalized spacial score (nSPS) is 23.2. The number of phenols is 3. The van der Waals surface area contributed by atoms with Gasteiger partial charge in [-0.05, 0) is 123 Å². The van der Waals surface area contributed by atoms with Gasteiger partial charge >= 0.3 is 0 Å². The summed E-state index contributed by atoms with van der Waals surface area (Å²) in [5.74, 6) is 0.325. The molecule has 0 aliphatic carbocycles. The lowest BCUT2D eigenvalue weighted by molar-refractivity contribution is -0.134. The van der Waals surface area contributed by atoms with E-state index in [0.717, 1.165) is 85.1 Å². The summed E-state index contributed by atoms with van der Waals surface area (Å²) in [6.45, 7) is 10.0. The van der Waals surface area contributed by atoms with Gasteiger partial charge in [0, 0.05) is 70.0 Å². The first-order valence-corrected chi connectivity index (χ1v) is 27.7. The fraction of sp³-hybridized carbons (Fsp3) is 0.448. The molecule has 5 aliphatic rings. The van der Waals surface area contributed by atoms with E-state index in [1.807, 2.05) is 41.0 Å². The molecule has 5 aliphatic heterocycles. The predicted octanol–water partition coefficient (Wildman–Crippen LogP) is 8.99. The van der Waals surface area contributed by atoms with E-state index in [9.17, 15) is 36.3 Å². The van der Waals surface area contributed by atoms with Gasteiger partial charge in [0.05, 0.1) is 12.3 Å². The topological polar surface area (TPSA) is 172 Å². The quantitative estimate of drug-likeness (QED) is 0.0846. The lowest BCUT2D eigenvalue weighted by Gasteiger charge is -2.37. The van der Waals surface area contributed by atoms with Crippen LogP contribution in [0.2, 0.25) is 0 Å². The Labute approximate surface area is 519 Å². The predicted molar refractivity (Wildman–Crippen MR) is 347 cm³/mol. The number of nitrogens with zero attached hydrogens (tertiary/aromatic N) is 3. The first-order chi connectivity index (χ1) is 35.9. The zero-order valence-corrected chi connectivity index (χ0v) is 52.9. The van der Waals surface area contributed by atoms with Gasteiger partial charge in [-0.2, -0.15) is 89.4 Å². The Bertz CT molecular complexity index is 2670. The fourth-order valence-electron chi connectivity index (χ4n) is 10.4. The van der Waals surface area contributed by atoms with Crippen LogP contribution in [0.15, 0.2) is 121 Å². The van der Waals surface area contributed by atoms with E-state index in [1.54, 1.807) is 77.7 Å². The minimum atomic E-state index is -3.59. The van der Waals surface area contributed by atoms with E-state index >= 15 is 0 Å². The number of phenolic OH excluding ortho intramolecular Hbond substituents is 3. The molecule has 5 aromatic rings. The fourth-order valence-corrected chi connectivity index (χ4v) is 11.0. The third-order valence-electron chi connectivity index (χ3n) is 14.6. The Kier molecular flexibility index (Phi) is 33.5. The number of amides is 2. The van der Waals surface area contributed by atoms with Gasteiger partial charge < -0.3 is 35.8 Å². The number of nitrogens with one attached hydrogen (secondary N) is 2. The Hall–Kier alpha value is -3.88. The molecular weight excluding hydrogens is 1180 g/mol. The maximum atomic E-state index is 14.9. The second-order valence-electron chi connectivity index (χ2n) is 20.3. The van der Waals surface area contributed by atoms with Gasteiger partial charge in [-0.15, -0.1) is 0 Å². The zero-order valence-electron chi connectivity index (χ0n) is 46.0. The van der Waals surface area contributed by atoms with E-state index in [1.165, 1.54) is 5.56 Å². The van der Waals surface area contributed by atoms with Crippen molar-refractivity contribution in [1.29, 1.82) is 0 Å². The molecule has 5 fully saturated rings. The number of benzene rings is 5. The van der Waals surface area contributed by atoms with Crippen molar-refractivity contribution in [3.8, 4) is 17.2 Å². The number of carbonyl (C=O) groups is 2. The van der Waals surface area contributed by atoms with Crippen molar-refractivity contribution in [2.45, 2.75) is 107 Å². The smallest absolute Gasteiger partial charge is 0.265 e. The lowest BCUT2D eigenvalue weighted by Crippen LogP contribution is -2.49. The van der Waals surface area contributed by atoms with E-state index in [4.69, 9.17) is 14.4 Å². The number of hydrogen-bond donors (Lipinski definition) is 5. The number of aromatic hydroxyl groups is 3. The van der Waals surface area contributed by atoms with Gasteiger partial charge in [0.15, 0.2) is 6.10 Å². The average Bonchev–Trinajstić information content (AvgIpc) is 3.94. The summed E-state index contributed by atoms with van der Waals surface area (Å²) in [5, 5.41) is 33.7. The molecule has 0 saturated carbocycles. The van der Waals surface area contributed by atoms with Gasteiger partial charge in [-0.25, -0.2) is 13.2 Å². The molecule has 0 aromatic heterocycles. The van der Waals surface area contributed by atoms with E-state index in [0.29, 0.717) is 52.1 Å². The number of hydrogen-bond acceptors (Lipinski definition) is 11. The summed E-state index contributed by atoms with van der Waals surface area (Å²) in [6, 6.07) is 36.4. The number of aryl methyl sites for hydroxylation is 2. The highest BCUT2D eigenvalue weighted by molar-refractivity contribution is 7.86. The number of rotatable bonds is 10. The van der Waals surface area contributed by atoms with Crippen molar-refractivity contribution in [2.75, 3.05) is 58.6 Å². The SMILES string of the molecule is Cc1ccc(CN2CC[C@@H](N3CC[C@@H](c4ccc(O)cc4)[C@H](F)C3)C2=O)cc1.Cc1ccc(CN2CC[C@H](OS(C)(=O)=O)C2=O)cc1.Oc1ccc([C@@H]2CCNC[C@H]2F)cc1.Oc1ccc([C@@H]2CCNC[C@H]2F)cc1.S.S.S.S.S.S. The van der Waals surface area contributed by atoms with Crippen molar-refractivity contribution in [3.63, 3.8) is 0 Å². The second-order valence-corrected chi connectivity index (χ2v) is 21.9. The molecule has 5 saturated heterocycles. The molecule has 23 heteroatoms. The molecule has 81 heavy (non-hydrogen) atoms. The molecule has 8 atom stereocenters. The summed E-state index contributed by atoms with van der Waals surface area (Å²) in [5.41, 5.74) is 7.42. The number of alkyl halides is 3. The van der Waals surface area contributed by atoms with Crippen molar-refractivity contribution in [3.05, 3.63) is 160 Å². The van der Waals surface area contributed by atoms with Crippen LogP contribution in [-0.4, -0.2) is 140 Å². The second kappa shape index (κ2) is 36.1. The van der Waals surface area contributed by atoms with Crippen LogP contribution in [-0.2, 0) is 37.0 Å². The Morgan fingerprint density at radius 1 is 0.506 bits per heavy atom. The van der Waals surface area contributed by atoms with Crippen molar-refractivity contribution in [2.24, 2.45) is 0 Å². The molecule has 0 radical (unpaired) electrons. The van der Waals surface area contributed by atoms with Crippen molar-refractivity contribution < 1.29 is 50.7 Å². The molecule has 0 unspecified atom stereocenters. The van der Waals surface area contributed by atoms with Gasteiger partial charge in [-0.3, -0.25) is 18.7 Å². The summed E-state index contributed by atoms with van der Waals surface area (Å²) in [6.07, 6.45) is 0.993. The van der Waals surface area contributed by atoms with Crippen molar-refractivity contribution >= 4 is 103 Å².